The smallest absolute Gasteiger partial charge is 0.300 e. The van der Waals surface area contributed by atoms with Crippen LogP contribution in [0.1, 0.15) is 62.9 Å². The van der Waals surface area contributed by atoms with Gasteiger partial charge in [0.25, 0.3) is 11.7 Å². The normalized spacial score (nSPS) is 16.7. The van der Waals surface area contributed by atoms with Gasteiger partial charge in [-0.1, -0.05) is 45.0 Å². The fourth-order valence-corrected chi connectivity index (χ4v) is 4.65. The van der Waals surface area contributed by atoms with E-state index in [2.05, 4.69) is 26.8 Å². The number of benzene rings is 3. The molecule has 0 spiro atoms. The fraction of sp³-hybridized carbons (Fsp3) is 0.281. The van der Waals surface area contributed by atoms with Crippen LogP contribution in [0.15, 0.2) is 72.3 Å². The van der Waals surface area contributed by atoms with Crippen molar-refractivity contribution in [2.24, 2.45) is 0 Å². The molecule has 1 aliphatic rings. The van der Waals surface area contributed by atoms with Gasteiger partial charge in [-0.25, -0.2) is 0 Å². The van der Waals surface area contributed by atoms with Crippen LogP contribution in [0.5, 0.6) is 11.5 Å². The molecule has 3 aromatic rings. The molecule has 1 saturated heterocycles. The molecule has 3 aromatic carbocycles. The lowest BCUT2D eigenvalue weighted by molar-refractivity contribution is -0.132. The van der Waals surface area contributed by atoms with E-state index in [9.17, 15) is 20.0 Å². The standard InChI is InChI=1S/C32H32N2O5/c1-6-38-24-16-17-25(26(18-24)39-7-2)29(35)27-28(21-10-12-22(13-11-21)32(3,4)5)34(31(37)30(27)36)23-14-8-20(19-33)9-15-23/h8-18,28,35H,6-7H2,1-5H3/b29-27-. The lowest BCUT2D eigenvalue weighted by Crippen LogP contribution is -2.29. The van der Waals surface area contributed by atoms with Crippen molar-refractivity contribution in [3.05, 3.63) is 94.6 Å². The molecule has 7 nitrogen and oxygen atoms in total. The second kappa shape index (κ2) is 11.0. The van der Waals surface area contributed by atoms with Crippen molar-refractivity contribution in [2.45, 2.75) is 46.1 Å². The van der Waals surface area contributed by atoms with Crippen molar-refractivity contribution in [3.63, 3.8) is 0 Å². The summed E-state index contributed by atoms with van der Waals surface area (Å²) in [6.45, 7) is 10.8. The van der Waals surface area contributed by atoms with Gasteiger partial charge in [-0.15, -0.1) is 0 Å². The summed E-state index contributed by atoms with van der Waals surface area (Å²) >= 11 is 0. The molecule has 0 aromatic heterocycles. The molecule has 1 N–H and O–H groups in total. The van der Waals surface area contributed by atoms with Crippen LogP contribution in [0.2, 0.25) is 0 Å². The minimum Gasteiger partial charge on any atom is -0.507 e. The summed E-state index contributed by atoms with van der Waals surface area (Å²) in [5.74, 6) is -1.01. The topological polar surface area (TPSA) is 99.9 Å². The highest BCUT2D eigenvalue weighted by molar-refractivity contribution is 6.51. The first kappa shape index (κ1) is 27.5. The van der Waals surface area contributed by atoms with Gasteiger partial charge in [-0.2, -0.15) is 5.26 Å². The number of hydrogen-bond donors (Lipinski definition) is 1. The Bertz CT molecular complexity index is 1460. The van der Waals surface area contributed by atoms with Crippen LogP contribution in [0.4, 0.5) is 5.69 Å². The van der Waals surface area contributed by atoms with Gasteiger partial charge in [-0.05, 0) is 66.8 Å². The van der Waals surface area contributed by atoms with E-state index in [1.54, 1.807) is 42.5 Å². The average Bonchev–Trinajstić information content (AvgIpc) is 3.18. The van der Waals surface area contributed by atoms with Crippen molar-refractivity contribution in [1.29, 1.82) is 5.26 Å². The third kappa shape index (κ3) is 5.37. The average molecular weight is 525 g/mol. The Labute approximate surface area is 228 Å². The Kier molecular flexibility index (Phi) is 7.78. The molecule has 200 valence electrons. The molecule has 1 unspecified atom stereocenters. The highest BCUT2D eigenvalue weighted by Gasteiger charge is 2.47. The summed E-state index contributed by atoms with van der Waals surface area (Å²) in [6, 6.07) is 20.3. The lowest BCUT2D eigenvalue weighted by Gasteiger charge is -2.27. The van der Waals surface area contributed by atoms with E-state index in [1.165, 1.54) is 4.90 Å². The number of nitrogens with zero attached hydrogens (tertiary/aromatic N) is 2. The number of ketones is 1. The quantitative estimate of drug-likeness (QED) is 0.222. The molecule has 1 atom stereocenters. The summed E-state index contributed by atoms with van der Waals surface area (Å²) in [7, 11) is 0. The van der Waals surface area contributed by atoms with E-state index in [0.717, 1.165) is 5.56 Å². The van der Waals surface area contributed by atoms with E-state index >= 15 is 0 Å². The van der Waals surface area contributed by atoms with Crippen LogP contribution in [0.3, 0.4) is 0 Å². The van der Waals surface area contributed by atoms with Gasteiger partial charge in [0.2, 0.25) is 0 Å². The number of ether oxygens (including phenoxy) is 2. The summed E-state index contributed by atoms with van der Waals surface area (Å²) in [6.07, 6.45) is 0. The number of rotatable bonds is 7. The number of hydrogen-bond acceptors (Lipinski definition) is 6. The molecule has 1 heterocycles. The van der Waals surface area contributed by atoms with Crippen LogP contribution < -0.4 is 14.4 Å². The Hall–Kier alpha value is -4.57. The van der Waals surface area contributed by atoms with E-state index in [4.69, 9.17) is 9.47 Å². The summed E-state index contributed by atoms with van der Waals surface area (Å²) in [5.41, 5.74) is 2.77. The monoisotopic (exact) mass is 524 g/mol. The number of carbonyl (C=O) groups is 2. The molecule has 39 heavy (non-hydrogen) atoms. The van der Waals surface area contributed by atoms with Gasteiger partial charge >= 0.3 is 0 Å². The number of amides is 1. The first-order chi connectivity index (χ1) is 18.6. The molecule has 1 aliphatic heterocycles. The minimum atomic E-state index is -0.895. The highest BCUT2D eigenvalue weighted by atomic mass is 16.5. The molecular weight excluding hydrogens is 492 g/mol. The summed E-state index contributed by atoms with van der Waals surface area (Å²) < 4.78 is 11.4. The maximum absolute atomic E-state index is 13.5. The Balaban J connectivity index is 1.94. The van der Waals surface area contributed by atoms with Crippen molar-refractivity contribution >= 4 is 23.1 Å². The molecule has 0 saturated carbocycles. The Morgan fingerprint density at radius 1 is 0.949 bits per heavy atom. The minimum absolute atomic E-state index is 0.0435. The van der Waals surface area contributed by atoms with E-state index in [1.807, 2.05) is 38.1 Å². The fourth-order valence-electron chi connectivity index (χ4n) is 4.65. The van der Waals surface area contributed by atoms with Gasteiger partial charge in [0, 0.05) is 11.8 Å². The lowest BCUT2D eigenvalue weighted by atomic mass is 9.85. The summed E-state index contributed by atoms with van der Waals surface area (Å²) in [4.78, 5) is 28.4. The third-order valence-corrected chi connectivity index (χ3v) is 6.63. The van der Waals surface area contributed by atoms with Crippen LogP contribution in [-0.4, -0.2) is 30.0 Å². The largest absolute Gasteiger partial charge is 0.507 e. The van der Waals surface area contributed by atoms with Crippen LogP contribution >= 0.6 is 0 Å². The van der Waals surface area contributed by atoms with Crippen molar-refractivity contribution in [2.75, 3.05) is 18.1 Å². The zero-order valence-electron chi connectivity index (χ0n) is 22.8. The third-order valence-electron chi connectivity index (χ3n) is 6.63. The number of aliphatic hydroxyl groups excluding tert-OH is 1. The van der Waals surface area contributed by atoms with Gasteiger partial charge in [-0.3, -0.25) is 14.5 Å². The number of nitriles is 1. The van der Waals surface area contributed by atoms with Gasteiger partial charge in [0.1, 0.15) is 17.3 Å². The van der Waals surface area contributed by atoms with Crippen molar-refractivity contribution < 1.29 is 24.2 Å². The van der Waals surface area contributed by atoms with E-state index < -0.39 is 17.7 Å². The molecule has 1 fully saturated rings. The molecule has 0 radical (unpaired) electrons. The first-order valence-electron chi connectivity index (χ1n) is 12.9. The number of anilines is 1. The maximum Gasteiger partial charge on any atom is 0.300 e. The number of Topliss-reactive ketones (excluding diaryl/α,β-unsaturated/α-hetero) is 1. The van der Waals surface area contributed by atoms with Crippen LogP contribution in [-0.2, 0) is 15.0 Å². The molecule has 1 amide bonds. The van der Waals surface area contributed by atoms with Crippen LogP contribution in [0, 0.1) is 11.3 Å². The van der Waals surface area contributed by atoms with Gasteiger partial charge in [0.05, 0.1) is 42.0 Å². The van der Waals surface area contributed by atoms with E-state index in [0.29, 0.717) is 41.5 Å². The molecule has 0 aliphatic carbocycles. The summed E-state index contributed by atoms with van der Waals surface area (Å²) in [5, 5.41) is 20.8. The SMILES string of the molecule is CCOc1ccc(/C(O)=C2/C(=O)C(=O)N(c3ccc(C#N)cc3)C2c2ccc(C(C)(C)C)cc2)c(OCC)c1. The maximum atomic E-state index is 13.5. The van der Waals surface area contributed by atoms with Crippen molar-refractivity contribution in [1.82, 2.24) is 0 Å². The Morgan fingerprint density at radius 3 is 2.15 bits per heavy atom. The van der Waals surface area contributed by atoms with Gasteiger partial charge in [0.15, 0.2) is 0 Å². The zero-order chi connectivity index (χ0) is 28.3. The second-order valence-corrected chi connectivity index (χ2v) is 10.2. The van der Waals surface area contributed by atoms with E-state index in [-0.39, 0.29) is 22.3 Å². The number of aliphatic hydroxyl groups is 1. The van der Waals surface area contributed by atoms with Crippen LogP contribution in [0.25, 0.3) is 5.76 Å². The molecule has 7 heteroatoms. The van der Waals surface area contributed by atoms with Crippen molar-refractivity contribution in [3.8, 4) is 17.6 Å². The molecule has 4 rings (SSSR count). The zero-order valence-corrected chi connectivity index (χ0v) is 22.8. The molecule has 0 bridgehead atoms. The number of carbonyl (C=O) groups excluding carboxylic acids is 2. The second-order valence-electron chi connectivity index (χ2n) is 10.2. The first-order valence-corrected chi connectivity index (χ1v) is 12.9. The predicted octanol–water partition coefficient (Wildman–Crippen LogP) is 6.28. The predicted molar refractivity (Wildman–Crippen MR) is 150 cm³/mol. The highest BCUT2D eigenvalue weighted by Crippen LogP contribution is 2.44. The molecular formula is C32H32N2O5. The Morgan fingerprint density at radius 2 is 1.59 bits per heavy atom. The van der Waals surface area contributed by atoms with Gasteiger partial charge < -0.3 is 14.6 Å².